The van der Waals surface area contributed by atoms with Gasteiger partial charge in [0.25, 0.3) is 5.91 Å². The second-order valence-corrected chi connectivity index (χ2v) is 6.22. The van der Waals surface area contributed by atoms with Crippen LogP contribution in [0.4, 0.5) is 5.69 Å². The fourth-order valence-corrected chi connectivity index (χ4v) is 2.89. The molecule has 4 nitrogen and oxygen atoms in total. The van der Waals surface area contributed by atoms with Gasteiger partial charge in [-0.3, -0.25) is 4.79 Å². The third-order valence-corrected chi connectivity index (χ3v) is 4.12. The molecule has 0 saturated carbocycles. The lowest BCUT2D eigenvalue weighted by Gasteiger charge is -2.28. The van der Waals surface area contributed by atoms with E-state index in [0.717, 1.165) is 48.2 Å². The summed E-state index contributed by atoms with van der Waals surface area (Å²) in [5, 5.41) is 3.01. The molecule has 0 spiro atoms. The standard InChI is InChI=1S/C19H31NO3/c1-7-9-10-11-19(5,23-8-2)18(21)20-16-12-14(3)17(22-6)15(4)13-16/h12-13H,7-11H2,1-6H3,(H,20,21). The van der Waals surface area contributed by atoms with Crippen LogP contribution in [0.3, 0.4) is 0 Å². The number of unbranched alkanes of at least 4 members (excludes halogenated alkanes) is 2. The average Bonchev–Trinajstić information content (AvgIpc) is 2.47. The molecule has 23 heavy (non-hydrogen) atoms. The van der Waals surface area contributed by atoms with E-state index in [2.05, 4.69) is 12.2 Å². The number of anilines is 1. The van der Waals surface area contributed by atoms with E-state index in [1.165, 1.54) is 0 Å². The number of ether oxygens (including phenoxy) is 2. The molecule has 1 N–H and O–H groups in total. The fraction of sp³-hybridized carbons (Fsp3) is 0.632. The Hall–Kier alpha value is -1.55. The summed E-state index contributed by atoms with van der Waals surface area (Å²) in [7, 11) is 1.66. The van der Waals surface area contributed by atoms with Crippen LogP contribution < -0.4 is 10.1 Å². The number of carbonyl (C=O) groups excluding carboxylic acids is 1. The molecule has 4 heteroatoms. The summed E-state index contributed by atoms with van der Waals surface area (Å²) in [5.41, 5.74) is 2.01. The van der Waals surface area contributed by atoms with Crippen molar-refractivity contribution in [2.45, 2.75) is 65.9 Å². The van der Waals surface area contributed by atoms with Crippen molar-refractivity contribution in [1.29, 1.82) is 0 Å². The topological polar surface area (TPSA) is 47.6 Å². The molecular weight excluding hydrogens is 290 g/mol. The van der Waals surface area contributed by atoms with Crippen molar-refractivity contribution in [3.63, 3.8) is 0 Å². The average molecular weight is 321 g/mol. The smallest absolute Gasteiger partial charge is 0.256 e. The zero-order chi connectivity index (χ0) is 17.5. The lowest BCUT2D eigenvalue weighted by Crippen LogP contribution is -2.42. The number of nitrogens with one attached hydrogen (secondary N) is 1. The van der Waals surface area contributed by atoms with E-state index in [0.29, 0.717) is 6.61 Å². The summed E-state index contributed by atoms with van der Waals surface area (Å²) in [5.74, 6) is 0.776. The van der Waals surface area contributed by atoms with Crippen molar-refractivity contribution >= 4 is 11.6 Å². The summed E-state index contributed by atoms with van der Waals surface area (Å²) in [4.78, 5) is 12.7. The van der Waals surface area contributed by atoms with E-state index in [-0.39, 0.29) is 5.91 Å². The predicted octanol–water partition coefficient (Wildman–Crippen LogP) is 4.63. The molecule has 1 unspecified atom stereocenters. The molecular formula is C19H31NO3. The van der Waals surface area contributed by atoms with Gasteiger partial charge in [0.1, 0.15) is 11.4 Å². The minimum Gasteiger partial charge on any atom is -0.496 e. The highest BCUT2D eigenvalue weighted by atomic mass is 16.5. The molecule has 1 aromatic carbocycles. The molecule has 1 rings (SSSR count). The molecule has 0 fully saturated rings. The van der Waals surface area contributed by atoms with Crippen LogP contribution >= 0.6 is 0 Å². The van der Waals surface area contributed by atoms with Crippen LogP contribution in [0.1, 0.15) is 57.6 Å². The van der Waals surface area contributed by atoms with Crippen LogP contribution in [-0.4, -0.2) is 25.2 Å². The van der Waals surface area contributed by atoms with Gasteiger partial charge in [-0.25, -0.2) is 0 Å². The number of amides is 1. The van der Waals surface area contributed by atoms with Gasteiger partial charge in [-0.05, 0) is 57.4 Å². The maximum atomic E-state index is 12.7. The number of aryl methyl sites for hydroxylation is 2. The molecule has 1 atom stereocenters. The number of hydrogen-bond donors (Lipinski definition) is 1. The van der Waals surface area contributed by atoms with Gasteiger partial charge < -0.3 is 14.8 Å². The van der Waals surface area contributed by atoms with Crippen molar-refractivity contribution in [2.75, 3.05) is 19.0 Å². The van der Waals surface area contributed by atoms with E-state index < -0.39 is 5.60 Å². The Balaban J connectivity index is 2.90. The van der Waals surface area contributed by atoms with Gasteiger partial charge in [0, 0.05) is 12.3 Å². The monoisotopic (exact) mass is 321 g/mol. The van der Waals surface area contributed by atoms with Gasteiger partial charge >= 0.3 is 0 Å². The van der Waals surface area contributed by atoms with Gasteiger partial charge in [0.15, 0.2) is 0 Å². The minimum atomic E-state index is -0.786. The third kappa shape index (κ3) is 5.24. The zero-order valence-corrected chi connectivity index (χ0v) is 15.4. The number of hydrogen-bond acceptors (Lipinski definition) is 3. The maximum Gasteiger partial charge on any atom is 0.256 e. The molecule has 0 heterocycles. The first-order valence-corrected chi connectivity index (χ1v) is 8.48. The Labute approximate surface area is 140 Å². The molecule has 0 aliphatic carbocycles. The predicted molar refractivity (Wildman–Crippen MR) is 95.3 cm³/mol. The van der Waals surface area contributed by atoms with E-state index in [1.54, 1.807) is 7.11 Å². The van der Waals surface area contributed by atoms with Crippen LogP contribution in [0.25, 0.3) is 0 Å². The zero-order valence-electron chi connectivity index (χ0n) is 15.4. The van der Waals surface area contributed by atoms with Gasteiger partial charge in [-0.1, -0.05) is 26.2 Å². The summed E-state index contributed by atoms with van der Waals surface area (Å²) >= 11 is 0. The lowest BCUT2D eigenvalue weighted by atomic mass is 9.96. The molecule has 0 aliphatic rings. The normalized spacial score (nSPS) is 13.5. The molecule has 130 valence electrons. The summed E-state index contributed by atoms with van der Waals surface area (Å²) < 4.78 is 11.1. The maximum absolute atomic E-state index is 12.7. The Morgan fingerprint density at radius 3 is 2.26 bits per heavy atom. The largest absolute Gasteiger partial charge is 0.496 e. The summed E-state index contributed by atoms with van der Waals surface area (Å²) in [6, 6.07) is 3.87. The number of carbonyl (C=O) groups is 1. The van der Waals surface area contributed by atoms with Crippen molar-refractivity contribution in [2.24, 2.45) is 0 Å². The van der Waals surface area contributed by atoms with Crippen molar-refractivity contribution in [1.82, 2.24) is 0 Å². The summed E-state index contributed by atoms with van der Waals surface area (Å²) in [6.45, 7) is 10.4. The van der Waals surface area contributed by atoms with E-state index in [1.807, 2.05) is 39.8 Å². The molecule has 0 bridgehead atoms. The van der Waals surface area contributed by atoms with Gasteiger partial charge in [-0.15, -0.1) is 0 Å². The Bertz CT molecular complexity index is 504. The van der Waals surface area contributed by atoms with Crippen LogP contribution in [0, 0.1) is 13.8 Å². The van der Waals surface area contributed by atoms with Crippen molar-refractivity contribution in [3.8, 4) is 5.75 Å². The van der Waals surface area contributed by atoms with Gasteiger partial charge in [0.2, 0.25) is 0 Å². The highest BCUT2D eigenvalue weighted by Crippen LogP contribution is 2.28. The highest BCUT2D eigenvalue weighted by Gasteiger charge is 2.33. The Morgan fingerprint density at radius 1 is 1.17 bits per heavy atom. The second kappa shape index (κ2) is 8.92. The second-order valence-electron chi connectivity index (χ2n) is 6.22. The first-order chi connectivity index (χ1) is 10.9. The molecule has 1 aromatic rings. The lowest BCUT2D eigenvalue weighted by molar-refractivity contribution is -0.139. The molecule has 0 aliphatic heterocycles. The van der Waals surface area contributed by atoms with Crippen LogP contribution in [-0.2, 0) is 9.53 Å². The SMILES string of the molecule is CCCCCC(C)(OCC)C(=O)Nc1cc(C)c(OC)c(C)c1. The third-order valence-electron chi connectivity index (χ3n) is 4.12. The van der Waals surface area contributed by atoms with E-state index in [4.69, 9.17) is 9.47 Å². The number of rotatable bonds is 9. The molecule has 0 saturated heterocycles. The Morgan fingerprint density at radius 2 is 1.78 bits per heavy atom. The quantitative estimate of drug-likeness (QED) is 0.675. The van der Waals surface area contributed by atoms with Crippen LogP contribution in [0.15, 0.2) is 12.1 Å². The van der Waals surface area contributed by atoms with E-state index >= 15 is 0 Å². The molecule has 0 aromatic heterocycles. The Kier molecular flexibility index (Phi) is 7.56. The van der Waals surface area contributed by atoms with Crippen molar-refractivity contribution in [3.05, 3.63) is 23.3 Å². The minimum absolute atomic E-state index is 0.0839. The molecule has 1 amide bonds. The number of methoxy groups -OCH3 is 1. The number of benzene rings is 1. The van der Waals surface area contributed by atoms with Crippen molar-refractivity contribution < 1.29 is 14.3 Å². The van der Waals surface area contributed by atoms with Gasteiger partial charge in [0.05, 0.1) is 7.11 Å². The van der Waals surface area contributed by atoms with Crippen LogP contribution in [0.5, 0.6) is 5.75 Å². The van der Waals surface area contributed by atoms with E-state index in [9.17, 15) is 4.79 Å². The summed E-state index contributed by atoms with van der Waals surface area (Å²) in [6.07, 6.45) is 3.95. The van der Waals surface area contributed by atoms with Crippen LogP contribution in [0.2, 0.25) is 0 Å². The van der Waals surface area contributed by atoms with Gasteiger partial charge in [-0.2, -0.15) is 0 Å². The fourth-order valence-electron chi connectivity index (χ4n) is 2.89. The molecule has 0 radical (unpaired) electrons. The highest BCUT2D eigenvalue weighted by molar-refractivity contribution is 5.97. The first-order valence-electron chi connectivity index (χ1n) is 8.48. The first kappa shape index (κ1) is 19.5.